The third kappa shape index (κ3) is 4.58. The number of nitrogens with one attached hydrogen (secondary N) is 2. The van der Waals surface area contributed by atoms with Gasteiger partial charge in [-0.2, -0.15) is 13.2 Å². The maximum atomic E-state index is 14.7. The molecule has 0 radical (unpaired) electrons. The van der Waals surface area contributed by atoms with Crippen LogP contribution in [-0.2, 0) is 5.75 Å². The summed E-state index contributed by atoms with van der Waals surface area (Å²) in [5, 5.41) is 11.8. The molecule has 0 aliphatic carbocycles. The fourth-order valence-electron chi connectivity index (χ4n) is 3.59. The van der Waals surface area contributed by atoms with Crippen LogP contribution in [0.2, 0.25) is 0 Å². The van der Waals surface area contributed by atoms with Crippen molar-refractivity contribution in [2.75, 3.05) is 12.0 Å². The molecule has 1 aliphatic rings. The van der Waals surface area contributed by atoms with E-state index in [1.54, 1.807) is 29.6 Å². The van der Waals surface area contributed by atoms with Crippen LogP contribution in [0, 0.1) is 11.6 Å². The number of aromatic hydroxyl groups is 1. The average molecular weight is 497 g/mol. The van der Waals surface area contributed by atoms with Gasteiger partial charge < -0.3 is 15.8 Å². The van der Waals surface area contributed by atoms with Gasteiger partial charge in [0.25, 0.3) is 5.91 Å². The van der Waals surface area contributed by atoms with Crippen LogP contribution in [0.3, 0.4) is 0 Å². The molecule has 12 heteroatoms. The number of pyridine rings is 1. The van der Waals surface area contributed by atoms with Crippen LogP contribution in [0.25, 0.3) is 0 Å². The predicted octanol–water partition coefficient (Wildman–Crippen LogP) is 4.06. The van der Waals surface area contributed by atoms with Gasteiger partial charge in [-0.3, -0.25) is 14.3 Å². The van der Waals surface area contributed by atoms with Crippen molar-refractivity contribution in [3.63, 3.8) is 0 Å². The molecule has 3 aromatic rings. The highest BCUT2D eigenvalue weighted by molar-refractivity contribution is 7.98. The predicted molar refractivity (Wildman–Crippen MR) is 114 cm³/mol. The normalized spacial score (nSPS) is 15.1. The van der Waals surface area contributed by atoms with E-state index in [1.165, 1.54) is 17.8 Å². The number of amides is 1. The molecule has 1 unspecified atom stereocenters. The molecular formula is C22H16F5N3O3S. The zero-order chi connectivity index (χ0) is 24.6. The van der Waals surface area contributed by atoms with Crippen LogP contribution in [0.15, 0.2) is 58.4 Å². The SMILES string of the molecule is O=C(NCC(F)(F)F)c1c(O)c(=O)ccn1NC1c2ccccc2SCc2c1ccc(F)c2F. The van der Waals surface area contributed by atoms with E-state index in [0.29, 0.717) is 16.0 Å². The number of nitrogens with zero attached hydrogens (tertiary/aromatic N) is 1. The molecule has 1 aliphatic heterocycles. The minimum atomic E-state index is -4.73. The molecule has 6 nitrogen and oxygen atoms in total. The van der Waals surface area contributed by atoms with Crippen LogP contribution in [-0.4, -0.2) is 28.4 Å². The Morgan fingerprint density at radius 1 is 1.12 bits per heavy atom. The van der Waals surface area contributed by atoms with E-state index in [9.17, 15) is 36.6 Å². The minimum Gasteiger partial charge on any atom is -0.502 e. The van der Waals surface area contributed by atoms with Crippen LogP contribution < -0.4 is 16.2 Å². The summed E-state index contributed by atoms with van der Waals surface area (Å²) in [4.78, 5) is 25.1. The van der Waals surface area contributed by atoms with Crippen molar-refractivity contribution in [1.82, 2.24) is 9.99 Å². The number of hydrogen-bond acceptors (Lipinski definition) is 5. The summed E-state index contributed by atoms with van der Waals surface area (Å²) in [5.74, 6) is -4.42. The molecule has 2 heterocycles. The summed E-state index contributed by atoms with van der Waals surface area (Å²) >= 11 is 1.26. The molecule has 1 atom stereocenters. The first kappa shape index (κ1) is 23.6. The second kappa shape index (κ2) is 9.01. The highest BCUT2D eigenvalue weighted by atomic mass is 32.2. The molecule has 178 valence electrons. The quantitative estimate of drug-likeness (QED) is 0.474. The van der Waals surface area contributed by atoms with Gasteiger partial charge in [-0.25, -0.2) is 8.78 Å². The molecule has 0 bridgehead atoms. The Balaban J connectivity index is 1.83. The highest BCUT2D eigenvalue weighted by Crippen LogP contribution is 2.41. The van der Waals surface area contributed by atoms with Crippen molar-refractivity contribution in [3.05, 3.63) is 92.9 Å². The van der Waals surface area contributed by atoms with Crippen molar-refractivity contribution < 1.29 is 31.9 Å². The Hall–Kier alpha value is -3.54. The van der Waals surface area contributed by atoms with Crippen molar-refractivity contribution in [1.29, 1.82) is 0 Å². The van der Waals surface area contributed by atoms with Gasteiger partial charge in [0.2, 0.25) is 5.43 Å². The molecular weight excluding hydrogens is 481 g/mol. The highest BCUT2D eigenvalue weighted by Gasteiger charge is 2.31. The lowest BCUT2D eigenvalue weighted by Gasteiger charge is -2.26. The van der Waals surface area contributed by atoms with E-state index in [1.807, 2.05) is 0 Å². The van der Waals surface area contributed by atoms with Crippen molar-refractivity contribution >= 4 is 17.7 Å². The molecule has 0 spiro atoms. The van der Waals surface area contributed by atoms with Gasteiger partial charge >= 0.3 is 6.18 Å². The molecule has 0 saturated carbocycles. The van der Waals surface area contributed by atoms with Gasteiger partial charge in [-0.1, -0.05) is 24.3 Å². The number of fused-ring (bicyclic) bond motifs is 2. The summed E-state index contributed by atoms with van der Waals surface area (Å²) in [6.45, 7) is -1.69. The third-order valence-electron chi connectivity index (χ3n) is 5.15. The topological polar surface area (TPSA) is 83.4 Å². The number of halogens is 5. The summed E-state index contributed by atoms with van der Waals surface area (Å²) < 4.78 is 67.3. The summed E-state index contributed by atoms with van der Waals surface area (Å²) in [6.07, 6.45) is -3.67. The Bertz CT molecular complexity index is 1330. The lowest BCUT2D eigenvalue weighted by atomic mass is 9.95. The Morgan fingerprint density at radius 2 is 1.85 bits per heavy atom. The number of aromatic nitrogens is 1. The number of carbonyl (C=O) groups is 1. The first-order chi connectivity index (χ1) is 16.1. The third-order valence-corrected chi connectivity index (χ3v) is 6.27. The number of benzene rings is 2. The summed E-state index contributed by atoms with van der Waals surface area (Å²) in [7, 11) is 0. The second-order valence-corrected chi connectivity index (χ2v) is 8.38. The van der Waals surface area contributed by atoms with Gasteiger partial charge in [-0.15, -0.1) is 11.8 Å². The fraction of sp³-hybridized carbons (Fsp3) is 0.182. The molecule has 0 saturated heterocycles. The van der Waals surface area contributed by atoms with E-state index in [4.69, 9.17) is 0 Å². The zero-order valence-electron chi connectivity index (χ0n) is 17.1. The monoisotopic (exact) mass is 497 g/mol. The second-order valence-electron chi connectivity index (χ2n) is 7.36. The number of thioether (sulfide) groups is 1. The number of rotatable bonds is 4. The maximum absolute atomic E-state index is 14.7. The van der Waals surface area contributed by atoms with E-state index in [-0.39, 0.29) is 11.3 Å². The molecule has 4 rings (SSSR count). The van der Waals surface area contributed by atoms with Crippen LogP contribution in [0.1, 0.15) is 33.2 Å². The Morgan fingerprint density at radius 3 is 2.59 bits per heavy atom. The number of alkyl halides is 3. The molecule has 34 heavy (non-hydrogen) atoms. The van der Waals surface area contributed by atoms with Crippen LogP contribution in [0.5, 0.6) is 5.75 Å². The van der Waals surface area contributed by atoms with Crippen LogP contribution in [0.4, 0.5) is 22.0 Å². The van der Waals surface area contributed by atoms with Crippen molar-refractivity contribution in [2.45, 2.75) is 22.9 Å². The largest absolute Gasteiger partial charge is 0.502 e. The van der Waals surface area contributed by atoms with E-state index in [0.717, 1.165) is 23.0 Å². The smallest absolute Gasteiger partial charge is 0.405 e. The van der Waals surface area contributed by atoms with Gasteiger partial charge in [0.15, 0.2) is 23.1 Å². The average Bonchev–Trinajstić information content (AvgIpc) is 2.94. The minimum absolute atomic E-state index is 0.0621. The number of carbonyl (C=O) groups excluding carboxylic acids is 1. The molecule has 2 aromatic carbocycles. The Kier molecular flexibility index (Phi) is 6.26. The standard InChI is InChI=1S/C22H16F5N3O3S/c23-14-6-5-11-13(17(14)24)9-34-16-4-2-1-3-12(16)18(11)29-30-8-7-15(31)20(32)19(30)21(33)28-10-22(25,26)27/h1-8,18,29,32H,9-10H2,(H,28,33). The zero-order valence-corrected chi connectivity index (χ0v) is 17.9. The number of hydrogen-bond donors (Lipinski definition) is 3. The van der Waals surface area contributed by atoms with E-state index >= 15 is 0 Å². The maximum Gasteiger partial charge on any atom is 0.405 e. The first-order valence-corrected chi connectivity index (χ1v) is 10.8. The van der Waals surface area contributed by atoms with Gasteiger partial charge in [-0.05, 0) is 23.3 Å². The van der Waals surface area contributed by atoms with Gasteiger partial charge in [0.05, 0.1) is 6.04 Å². The Labute approximate surface area is 193 Å². The summed E-state index contributed by atoms with van der Waals surface area (Å²) in [6, 6.07) is 9.23. The lowest BCUT2D eigenvalue weighted by Crippen LogP contribution is -2.38. The van der Waals surface area contributed by atoms with Crippen molar-refractivity contribution in [3.8, 4) is 5.75 Å². The molecule has 1 aromatic heterocycles. The fourth-order valence-corrected chi connectivity index (χ4v) is 4.71. The van der Waals surface area contributed by atoms with E-state index in [2.05, 4.69) is 5.43 Å². The van der Waals surface area contributed by atoms with Crippen molar-refractivity contribution in [2.24, 2.45) is 0 Å². The van der Waals surface area contributed by atoms with Gasteiger partial charge in [0, 0.05) is 28.5 Å². The lowest BCUT2D eigenvalue weighted by molar-refractivity contribution is -0.123. The van der Waals surface area contributed by atoms with E-state index < -0.39 is 53.2 Å². The molecule has 1 amide bonds. The first-order valence-electron chi connectivity index (χ1n) is 9.81. The van der Waals surface area contributed by atoms with Crippen LogP contribution >= 0.6 is 11.8 Å². The molecule has 3 N–H and O–H groups in total. The summed E-state index contributed by atoms with van der Waals surface area (Å²) in [5.41, 5.74) is 2.10. The molecule has 0 fully saturated rings. The van der Waals surface area contributed by atoms with Gasteiger partial charge in [0.1, 0.15) is 6.54 Å².